The minimum atomic E-state index is -1.26. The van der Waals surface area contributed by atoms with Gasteiger partial charge in [-0.2, -0.15) is 0 Å². The summed E-state index contributed by atoms with van der Waals surface area (Å²) in [5.41, 5.74) is -1.26. The van der Waals surface area contributed by atoms with Gasteiger partial charge in [-0.1, -0.05) is 0 Å². The van der Waals surface area contributed by atoms with Crippen molar-refractivity contribution in [3.8, 4) is 0 Å². The largest absolute Gasteiger partial charge is 0.381 e. The number of hydrogen-bond donors (Lipinski definition) is 2. The Morgan fingerprint density at radius 3 is 2.50 bits per heavy atom. The molecule has 1 fully saturated rings. The third-order valence-corrected chi connectivity index (χ3v) is 2.47. The number of carbonyl (C=O) groups excluding carboxylic acids is 1. The zero-order valence-electron chi connectivity index (χ0n) is 9.05. The molecule has 0 aromatic rings. The van der Waals surface area contributed by atoms with Crippen molar-refractivity contribution in [1.29, 1.82) is 0 Å². The van der Waals surface area contributed by atoms with Crippen LogP contribution in [0.3, 0.4) is 0 Å². The van der Waals surface area contributed by atoms with E-state index in [2.05, 4.69) is 10.2 Å². The maximum absolute atomic E-state index is 11.3. The molecule has 1 aliphatic rings. The lowest BCUT2D eigenvalue weighted by Crippen LogP contribution is -2.44. The molecule has 4 heteroatoms. The van der Waals surface area contributed by atoms with E-state index in [0.717, 1.165) is 19.6 Å². The van der Waals surface area contributed by atoms with Crippen molar-refractivity contribution in [1.82, 2.24) is 10.2 Å². The summed E-state index contributed by atoms with van der Waals surface area (Å²) in [6.45, 7) is 6.79. The van der Waals surface area contributed by atoms with Crippen LogP contribution < -0.4 is 5.32 Å². The molecule has 0 bridgehead atoms. The van der Waals surface area contributed by atoms with Crippen molar-refractivity contribution in [2.75, 3.05) is 26.2 Å². The van der Waals surface area contributed by atoms with Crippen LogP contribution in [0.2, 0.25) is 0 Å². The molecule has 0 aliphatic carbocycles. The maximum Gasteiger partial charge on any atom is 0.251 e. The molecule has 4 nitrogen and oxygen atoms in total. The number of rotatable bonds is 4. The average Bonchev–Trinajstić information content (AvgIpc) is 2.55. The quantitative estimate of drug-likeness (QED) is 0.670. The number of nitrogens with one attached hydrogen (secondary N) is 1. The molecular weight excluding hydrogens is 180 g/mol. The highest BCUT2D eigenvalue weighted by Crippen LogP contribution is 2.05. The first-order valence-electron chi connectivity index (χ1n) is 5.23. The fourth-order valence-corrected chi connectivity index (χ4v) is 1.55. The van der Waals surface area contributed by atoms with Gasteiger partial charge in [-0.3, -0.25) is 4.79 Å². The second kappa shape index (κ2) is 4.75. The van der Waals surface area contributed by atoms with Gasteiger partial charge in [0.25, 0.3) is 5.91 Å². The van der Waals surface area contributed by atoms with E-state index in [-0.39, 0.29) is 5.91 Å². The number of nitrogens with zero attached hydrogens (tertiary/aromatic N) is 1. The minimum absolute atomic E-state index is 0.295. The highest BCUT2D eigenvalue weighted by Gasteiger charge is 2.23. The van der Waals surface area contributed by atoms with Gasteiger partial charge in [-0.05, 0) is 39.8 Å². The normalized spacial score (nSPS) is 18.5. The molecule has 0 atom stereocenters. The summed E-state index contributed by atoms with van der Waals surface area (Å²) >= 11 is 0. The predicted molar refractivity (Wildman–Crippen MR) is 55.0 cm³/mol. The summed E-state index contributed by atoms with van der Waals surface area (Å²) in [4.78, 5) is 13.6. The highest BCUT2D eigenvalue weighted by molar-refractivity contribution is 5.83. The number of likely N-dealkylation sites (tertiary alicyclic amines) is 1. The molecule has 0 aromatic carbocycles. The number of amides is 1. The first kappa shape index (κ1) is 11.5. The Morgan fingerprint density at radius 2 is 2.00 bits per heavy atom. The second-order valence-electron chi connectivity index (χ2n) is 4.36. The Morgan fingerprint density at radius 1 is 1.43 bits per heavy atom. The minimum Gasteiger partial charge on any atom is -0.381 e. The summed E-state index contributed by atoms with van der Waals surface area (Å²) in [6, 6.07) is 0. The van der Waals surface area contributed by atoms with Gasteiger partial charge in [0.1, 0.15) is 5.60 Å². The summed E-state index contributed by atoms with van der Waals surface area (Å²) in [6.07, 6.45) is 2.53. The number of hydrogen-bond acceptors (Lipinski definition) is 3. The van der Waals surface area contributed by atoms with Gasteiger partial charge in [0.15, 0.2) is 0 Å². The molecule has 0 spiro atoms. The summed E-state index contributed by atoms with van der Waals surface area (Å²) in [5.74, 6) is -0.295. The summed E-state index contributed by atoms with van der Waals surface area (Å²) in [7, 11) is 0. The van der Waals surface area contributed by atoms with Crippen LogP contribution in [0.4, 0.5) is 0 Å². The topological polar surface area (TPSA) is 52.6 Å². The van der Waals surface area contributed by atoms with Gasteiger partial charge in [-0.15, -0.1) is 0 Å². The van der Waals surface area contributed by atoms with Gasteiger partial charge in [0, 0.05) is 13.1 Å². The van der Waals surface area contributed by atoms with E-state index in [1.807, 2.05) is 0 Å². The van der Waals surface area contributed by atoms with Crippen LogP contribution in [0, 0.1) is 0 Å². The lowest BCUT2D eigenvalue weighted by atomic mass is 10.1. The zero-order valence-corrected chi connectivity index (χ0v) is 9.05. The third kappa shape index (κ3) is 3.64. The smallest absolute Gasteiger partial charge is 0.251 e. The van der Waals surface area contributed by atoms with Crippen molar-refractivity contribution in [2.45, 2.75) is 32.3 Å². The van der Waals surface area contributed by atoms with Gasteiger partial charge in [0.05, 0.1) is 0 Å². The van der Waals surface area contributed by atoms with Crippen molar-refractivity contribution in [3.05, 3.63) is 0 Å². The Labute approximate surface area is 85.3 Å². The number of aliphatic hydroxyl groups is 1. The second-order valence-corrected chi connectivity index (χ2v) is 4.36. The van der Waals surface area contributed by atoms with Crippen LogP contribution in [-0.4, -0.2) is 47.7 Å². The van der Waals surface area contributed by atoms with Crippen molar-refractivity contribution < 1.29 is 9.90 Å². The summed E-state index contributed by atoms with van der Waals surface area (Å²) in [5, 5.41) is 12.1. The molecule has 0 unspecified atom stereocenters. The average molecular weight is 200 g/mol. The van der Waals surface area contributed by atoms with E-state index in [1.165, 1.54) is 26.7 Å². The molecule has 1 amide bonds. The third-order valence-electron chi connectivity index (χ3n) is 2.47. The monoisotopic (exact) mass is 200 g/mol. The SMILES string of the molecule is CC(C)(O)C(=O)NCCN1CCCC1. The summed E-state index contributed by atoms with van der Waals surface area (Å²) < 4.78 is 0. The van der Waals surface area contributed by atoms with E-state index in [0.29, 0.717) is 6.54 Å². The molecular formula is C10H20N2O2. The van der Waals surface area contributed by atoms with Crippen LogP contribution in [-0.2, 0) is 4.79 Å². The first-order chi connectivity index (χ1) is 6.50. The first-order valence-corrected chi connectivity index (χ1v) is 5.23. The molecule has 0 radical (unpaired) electrons. The highest BCUT2D eigenvalue weighted by atomic mass is 16.3. The zero-order chi connectivity index (χ0) is 10.6. The lowest BCUT2D eigenvalue weighted by Gasteiger charge is -2.19. The van der Waals surface area contributed by atoms with Crippen LogP contribution in [0.5, 0.6) is 0 Å². The Bertz CT molecular complexity index is 193. The maximum atomic E-state index is 11.3. The van der Waals surface area contributed by atoms with E-state index >= 15 is 0 Å². The van der Waals surface area contributed by atoms with Gasteiger partial charge in [0.2, 0.25) is 0 Å². The molecule has 82 valence electrons. The molecule has 1 rings (SSSR count). The fraction of sp³-hybridized carbons (Fsp3) is 0.900. The molecule has 14 heavy (non-hydrogen) atoms. The van der Waals surface area contributed by atoms with Gasteiger partial charge < -0.3 is 15.3 Å². The number of carbonyl (C=O) groups is 1. The van der Waals surface area contributed by atoms with Crippen molar-refractivity contribution in [3.63, 3.8) is 0 Å². The molecule has 0 saturated carbocycles. The van der Waals surface area contributed by atoms with Crippen LogP contribution >= 0.6 is 0 Å². The Balaban J connectivity index is 2.11. The van der Waals surface area contributed by atoms with E-state index < -0.39 is 5.60 Å². The Kier molecular flexibility index (Phi) is 3.89. The standard InChI is InChI=1S/C10H20N2O2/c1-10(2,14)9(13)11-5-8-12-6-3-4-7-12/h14H,3-8H2,1-2H3,(H,11,13). The van der Waals surface area contributed by atoms with E-state index in [4.69, 9.17) is 0 Å². The molecule has 0 aromatic heterocycles. The van der Waals surface area contributed by atoms with E-state index in [1.54, 1.807) is 0 Å². The van der Waals surface area contributed by atoms with Crippen molar-refractivity contribution in [2.24, 2.45) is 0 Å². The molecule has 1 heterocycles. The van der Waals surface area contributed by atoms with E-state index in [9.17, 15) is 9.90 Å². The Hall–Kier alpha value is -0.610. The van der Waals surface area contributed by atoms with Gasteiger partial charge in [-0.25, -0.2) is 0 Å². The predicted octanol–water partition coefficient (Wildman–Crippen LogP) is -0.0307. The molecule has 1 saturated heterocycles. The van der Waals surface area contributed by atoms with Gasteiger partial charge >= 0.3 is 0 Å². The molecule has 1 aliphatic heterocycles. The van der Waals surface area contributed by atoms with Crippen molar-refractivity contribution >= 4 is 5.91 Å². The van der Waals surface area contributed by atoms with Crippen LogP contribution in [0.15, 0.2) is 0 Å². The fourth-order valence-electron chi connectivity index (χ4n) is 1.55. The van der Waals surface area contributed by atoms with Crippen LogP contribution in [0.25, 0.3) is 0 Å². The molecule has 2 N–H and O–H groups in total. The van der Waals surface area contributed by atoms with Crippen LogP contribution in [0.1, 0.15) is 26.7 Å². The lowest BCUT2D eigenvalue weighted by molar-refractivity contribution is -0.136.